The second-order valence-corrected chi connectivity index (χ2v) is 5.60. The summed E-state index contributed by atoms with van der Waals surface area (Å²) in [7, 11) is 1.97. The third-order valence-electron chi connectivity index (χ3n) is 3.25. The van der Waals surface area contributed by atoms with Gasteiger partial charge in [0.05, 0.1) is 23.8 Å². The zero-order valence-corrected chi connectivity index (χ0v) is 12.1. The first-order valence-corrected chi connectivity index (χ1v) is 7.17. The number of aromatic nitrogens is 2. The molecule has 0 fully saturated rings. The topological polar surface area (TPSA) is 29.9 Å². The molecule has 0 unspecified atom stereocenters. The molecule has 4 heteroatoms. The van der Waals surface area contributed by atoms with Crippen molar-refractivity contribution in [2.45, 2.75) is 24.3 Å². The monoisotopic (exact) mass is 261 g/mol. The van der Waals surface area contributed by atoms with Crippen molar-refractivity contribution in [1.29, 1.82) is 0 Å². The molecule has 1 aromatic carbocycles. The van der Waals surface area contributed by atoms with E-state index in [1.54, 1.807) is 11.8 Å². The van der Waals surface area contributed by atoms with Gasteiger partial charge in [-0.2, -0.15) is 0 Å². The number of imidazole rings is 1. The van der Waals surface area contributed by atoms with Crippen LogP contribution in [0, 0.1) is 0 Å². The largest absolute Gasteiger partial charge is 0.310 e. The van der Waals surface area contributed by atoms with Crippen molar-refractivity contribution < 1.29 is 0 Å². The highest BCUT2D eigenvalue weighted by Crippen LogP contribution is 2.24. The number of rotatable bonds is 4. The van der Waals surface area contributed by atoms with E-state index in [0.717, 1.165) is 11.4 Å². The van der Waals surface area contributed by atoms with E-state index in [4.69, 9.17) is 0 Å². The smallest absolute Gasteiger partial charge is 0.0994 e. The predicted octanol–water partition coefficient (Wildman–Crippen LogP) is 3.05. The Morgan fingerprint density at radius 2 is 1.89 bits per heavy atom. The van der Waals surface area contributed by atoms with Crippen LogP contribution in [0.4, 0.5) is 0 Å². The van der Waals surface area contributed by atoms with E-state index < -0.39 is 0 Å². The van der Waals surface area contributed by atoms with Gasteiger partial charge >= 0.3 is 0 Å². The second-order valence-electron chi connectivity index (χ2n) is 4.72. The quantitative estimate of drug-likeness (QED) is 0.858. The summed E-state index contributed by atoms with van der Waals surface area (Å²) < 4.78 is 2.13. The van der Waals surface area contributed by atoms with Crippen molar-refractivity contribution >= 4 is 11.8 Å². The van der Waals surface area contributed by atoms with Crippen LogP contribution in [-0.4, -0.2) is 22.9 Å². The zero-order chi connectivity index (χ0) is 13.2. The lowest BCUT2D eigenvalue weighted by atomic mass is 10.0. The maximum atomic E-state index is 4.27. The van der Waals surface area contributed by atoms with Gasteiger partial charge in [-0.15, -0.1) is 11.8 Å². The third-order valence-corrected chi connectivity index (χ3v) is 4.00. The number of nitrogens with zero attached hydrogens (tertiary/aromatic N) is 2. The first-order valence-electron chi connectivity index (χ1n) is 5.94. The Morgan fingerprint density at radius 3 is 2.44 bits per heavy atom. The number of hydrogen-bond acceptors (Lipinski definition) is 3. The maximum Gasteiger partial charge on any atom is 0.0994 e. The van der Waals surface area contributed by atoms with Crippen LogP contribution in [0.25, 0.3) is 5.69 Å². The molecule has 96 valence electrons. The molecule has 2 rings (SSSR count). The summed E-state index contributed by atoms with van der Waals surface area (Å²) >= 11 is 1.75. The average Bonchev–Trinajstić information content (AvgIpc) is 2.89. The van der Waals surface area contributed by atoms with Crippen molar-refractivity contribution in [2.75, 3.05) is 13.3 Å². The molecule has 0 amide bonds. The van der Waals surface area contributed by atoms with Crippen LogP contribution in [0.2, 0.25) is 0 Å². The van der Waals surface area contributed by atoms with Gasteiger partial charge in [0.15, 0.2) is 0 Å². The lowest BCUT2D eigenvalue weighted by molar-refractivity contribution is 0.425. The molecule has 1 N–H and O–H groups in total. The molecule has 0 aliphatic carbocycles. The molecule has 1 aromatic heterocycles. The second kappa shape index (κ2) is 5.16. The van der Waals surface area contributed by atoms with Gasteiger partial charge in [-0.1, -0.05) is 0 Å². The third kappa shape index (κ3) is 2.44. The SMILES string of the molecule is CNC(C)(C)c1cncn1-c1ccc(SC)cc1. The molecule has 18 heavy (non-hydrogen) atoms. The van der Waals surface area contributed by atoms with Crippen molar-refractivity contribution in [3.8, 4) is 5.69 Å². The van der Waals surface area contributed by atoms with Gasteiger partial charge in [0.1, 0.15) is 0 Å². The molecule has 0 spiro atoms. The summed E-state index contributed by atoms with van der Waals surface area (Å²) in [6, 6.07) is 8.53. The van der Waals surface area contributed by atoms with Gasteiger partial charge in [-0.25, -0.2) is 4.98 Å². The Bertz CT molecular complexity index is 514. The summed E-state index contributed by atoms with van der Waals surface area (Å²) in [5.41, 5.74) is 2.19. The van der Waals surface area contributed by atoms with Gasteiger partial charge in [0.2, 0.25) is 0 Å². The number of hydrogen-bond donors (Lipinski definition) is 1. The molecule has 0 saturated carbocycles. The summed E-state index contributed by atoms with van der Waals surface area (Å²) in [5.74, 6) is 0. The van der Waals surface area contributed by atoms with Crippen molar-refractivity contribution in [1.82, 2.24) is 14.9 Å². The van der Waals surface area contributed by atoms with Crippen LogP contribution < -0.4 is 5.32 Å². The highest BCUT2D eigenvalue weighted by atomic mass is 32.2. The Morgan fingerprint density at radius 1 is 1.22 bits per heavy atom. The van der Waals surface area contributed by atoms with Crippen molar-refractivity contribution in [3.05, 3.63) is 42.5 Å². The minimum atomic E-state index is -0.103. The van der Waals surface area contributed by atoms with E-state index in [0.29, 0.717) is 0 Å². The average molecular weight is 261 g/mol. The number of benzene rings is 1. The van der Waals surface area contributed by atoms with Crippen LogP contribution in [0.3, 0.4) is 0 Å². The van der Waals surface area contributed by atoms with Crippen LogP contribution in [0.15, 0.2) is 41.7 Å². The van der Waals surface area contributed by atoms with E-state index in [2.05, 4.69) is 59.2 Å². The first-order chi connectivity index (χ1) is 8.58. The highest BCUT2D eigenvalue weighted by Gasteiger charge is 2.22. The van der Waals surface area contributed by atoms with Crippen LogP contribution in [-0.2, 0) is 5.54 Å². The van der Waals surface area contributed by atoms with Gasteiger partial charge in [-0.3, -0.25) is 0 Å². The lowest BCUT2D eigenvalue weighted by Gasteiger charge is -2.25. The maximum absolute atomic E-state index is 4.27. The molecule has 0 atom stereocenters. The summed E-state index contributed by atoms with van der Waals surface area (Å²) in [5, 5.41) is 3.31. The molecule has 0 radical (unpaired) electrons. The van der Waals surface area contributed by atoms with E-state index in [1.165, 1.54) is 4.90 Å². The van der Waals surface area contributed by atoms with Gasteiger partial charge in [0.25, 0.3) is 0 Å². The standard InChI is InChI=1S/C14H19N3S/c1-14(2,15-3)13-9-16-10-17(13)11-5-7-12(18-4)8-6-11/h5-10,15H,1-4H3. The summed E-state index contributed by atoms with van der Waals surface area (Å²) in [6.45, 7) is 4.30. The Labute approximate surface area is 113 Å². The van der Waals surface area contributed by atoms with E-state index in [9.17, 15) is 0 Å². The van der Waals surface area contributed by atoms with E-state index in [-0.39, 0.29) is 5.54 Å². The predicted molar refractivity (Wildman–Crippen MR) is 77.4 cm³/mol. The van der Waals surface area contributed by atoms with Gasteiger partial charge in [0, 0.05) is 10.6 Å². The van der Waals surface area contributed by atoms with Crippen LogP contribution in [0.5, 0.6) is 0 Å². The normalized spacial score (nSPS) is 11.8. The fourth-order valence-corrected chi connectivity index (χ4v) is 2.24. The van der Waals surface area contributed by atoms with Crippen molar-refractivity contribution in [3.63, 3.8) is 0 Å². The molecule has 1 heterocycles. The Kier molecular flexibility index (Phi) is 3.78. The highest BCUT2D eigenvalue weighted by molar-refractivity contribution is 7.98. The number of thioether (sulfide) groups is 1. The molecule has 0 aliphatic heterocycles. The Hall–Kier alpha value is -1.26. The van der Waals surface area contributed by atoms with Gasteiger partial charge in [-0.05, 0) is 51.4 Å². The summed E-state index contributed by atoms with van der Waals surface area (Å²) in [6.07, 6.45) is 5.86. The molecular weight excluding hydrogens is 242 g/mol. The molecule has 3 nitrogen and oxygen atoms in total. The molecule has 0 saturated heterocycles. The Balaban J connectivity index is 2.42. The minimum Gasteiger partial charge on any atom is -0.310 e. The summed E-state index contributed by atoms with van der Waals surface area (Å²) in [4.78, 5) is 5.54. The van der Waals surface area contributed by atoms with Crippen LogP contribution >= 0.6 is 11.8 Å². The molecular formula is C14H19N3S. The molecule has 0 bridgehead atoms. The minimum absolute atomic E-state index is 0.103. The van der Waals surface area contributed by atoms with E-state index in [1.807, 2.05) is 19.6 Å². The number of nitrogens with one attached hydrogen (secondary N) is 1. The fraction of sp³-hybridized carbons (Fsp3) is 0.357. The molecule has 2 aromatic rings. The fourth-order valence-electron chi connectivity index (χ4n) is 1.83. The van der Waals surface area contributed by atoms with E-state index >= 15 is 0 Å². The molecule has 0 aliphatic rings. The van der Waals surface area contributed by atoms with Gasteiger partial charge < -0.3 is 9.88 Å². The van der Waals surface area contributed by atoms with Crippen LogP contribution in [0.1, 0.15) is 19.5 Å². The van der Waals surface area contributed by atoms with Crippen molar-refractivity contribution in [2.24, 2.45) is 0 Å². The zero-order valence-electron chi connectivity index (χ0n) is 11.3. The first kappa shape index (κ1) is 13.2. The lowest BCUT2D eigenvalue weighted by Crippen LogP contribution is -2.35.